The molecule has 64 valence electrons. The summed E-state index contributed by atoms with van der Waals surface area (Å²) in [6.45, 7) is 0.358. The smallest absolute Gasteiger partial charge is 0.0431 e. The highest BCUT2D eigenvalue weighted by Gasteiger charge is 2.06. The molecule has 1 rings (SSSR count). The van der Waals surface area contributed by atoms with E-state index in [1.54, 1.807) is 5.57 Å². The van der Waals surface area contributed by atoms with Crippen molar-refractivity contribution in [3.8, 4) is 0 Å². The van der Waals surface area contributed by atoms with Gasteiger partial charge in [0, 0.05) is 6.61 Å². The molecule has 0 heterocycles. The molecule has 0 bridgehead atoms. The first-order valence-electron chi connectivity index (χ1n) is 4.72. The molecule has 0 amide bonds. The molecule has 1 heteroatoms. The second kappa shape index (κ2) is 5.36. The molecule has 0 aromatic carbocycles. The van der Waals surface area contributed by atoms with Crippen LogP contribution in [0.25, 0.3) is 0 Å². The van der Waals surface area contributed by atoms with Crippen molar-refractivity contribution in [1.82, 2.24) is 0 Å². The molecule has 0 radical (unpaired) electrons. The van der Waals surface area contributed by atoms with E-state index in [0.29, 0.717) is 6.61 Å². The van der Waals surface area contributed by atoms with Crippen molar-refractivity contribution in [2.45, 2.75) is 44.9 Å². The van der Waals surface area contributed by atoms with E-state index in [0.717, 1.165) is 6.42 Å². The minimum absolute atomic E-state index is 0.358. The minimum Gasteiger partial charge on any atom is -0.396 e. The zero-order chi connectivity index (χ0) is 7.94. The van der Waals surface area contributed by atoms with E-state index in [9.17, 15) is 0 Å². The summed E-state index contributed by atoms with van der Waals surface area (Å²) in [6.07, 6.45) is 11.1. The van der Waals surface area contributed by atoms with Crippen LogP contribution in [0.5, 0.6) is 0 Å². The van der Waals surface area contributed by atoms with Gasteiger partial charge in [-0.1, -0.05) is 18.1 Å². The summed E-state index contributed by atoms with van der Waals surface area (Å²) in [6, 6.07) is 0. The Balaban J connectivity index is 1.87. The molecule has 0 atom stereocenters. The first kappa shape index (κ1) is 8.79. The monoisotopic (exact) mass is 154 g/mol. The van der Waals surface area contributed by atoms with Crippen molar-refractivity contribution in [2.24, 2.45) is 0 Å². The maximum absolute atomic E-state index is 8.52. The highest BCUT2D eigenvalue weighted by Crippen LogP contribution is 2.25. The summed E-state index contributed by atoms with van der Waals surface area (Å²) in [5, 5.41) is 8.52. The highest BCUT2D eigenvalue weighted by molar-refractivity contribution is 5.08. The molecule has 0 aromatic rings. The van der Waals surface area contributed by atoms with Gasteiger partial charge in [0.2, 0.25) is 0 Å². The zero-order valence-electron chi connectivity index (χ0n) is 7.18. The maximum Gasteiger partial charge on any atom is 0.0431 e. The predicted molar refractivity (Wildman–Crippen MR) is 47.5 cm³/mol. The van der Waals surface area contributed by atoms with Crippen LogP contribution in [0.1, 0.15) is 44.9 Å². The molecular formula is C10H18O. The van der Waals surface area contributed by atoms with Crippen molar-refractivity contribution >= 4 is 0 Å². The van der Waals surface area contributed by atoms with E-state index in [2.05, 4.69) is 6.08 Å². The van der Waals surface area contributed by atoms with E-state index >= 15 is 0 Å². The van der Waals surface area contributed by atoms with Gasteiger partial charge in [-0.2, -0.15) is 0 Å². The third-order valence-corrected chi connectivity index (χ3v) is 2.29. The fourth-order valence-corrected chi connectivity index (χ4v) is 1.32. The number of hydrogen-bond donors (Lipinski definition) is 1. The third-order valence-electron chi connectivity index (χ3n) is 2.29. The van der Waals surface area contributed by atoms with Gasteiger partial charge in [0.15, 0.2) is 0 Å². The van der Waals surface area contributed by atoms with Crippen molar-refractivity contribution < 1.29 is 5.11 Å². The number of rotatable bonds is 5. The van der Waals surface area contributed by atoms with E-state index in [1.165, 1.54) is 38.5 Å². The van der Waals surface area contributed by atoms with E-state index in [1.807, 2.05) is 0 Å². The number of allylic oxidation sites excluding steroid dienone is 2. The maximum atomic E-state index is 8.52. The molecular weight excluding hydrogens is 136 g/mol. The molecule has 1 fully saturated rings. The second-order valence-corrected chi connectivity index (χ2v) is 3.29. The van der Waals surface area contributed by atoms with Gasteiger partial charge < -0.3 is 5.11 Å². The molecule has 0 saturated heterocycles. The molecule has 1 aliphatic carbocycles. The summed E-state index contributed by atoms with van der Waals surface area (Å²) in [4.78, 5) is 0. The van der Waals surface area contributed by atoms with Crippen LogP contribution in [-0.2, 0) is 0 Å². The lowest BCUT2D eigenvalue weighted by Gasteiger charge is -2.15. The lowest BCUT2D eigenvalue weighted by molar-refractivity contribution is 0.283. The summed E-state index contributed by atoms with van der Waals surface area (Å²) in [7, 11) is 0. The van der Waals surface area contributed by atoms with E-state index < -0.39 is 0 Å². The lowest BCUT2D eigenvalue weighted by atomic mass is 9.91. The SMILES string of the molecule is OCCCCCC=C1CCC1. The van der Waals surface area contributed by atoms with E-state index in [4.69, 9.17) is 5.11 Å². The molecule has 11 heavy (non-hydrogen) atoms. The van der Waals surface area contributed by atoms with Gasteiger partial charge in [-0.25, -0.2) is 0 Å². The summed E-state index contributed by atoms with van der Waals surface area (Å²) >= 11 is 0. The van der Waals surface area contributed by atoms with Crippen molar-refractivity contribution in [1.29, 1.82) is 0 Å². The minimum atomic E-state index is 0.358. The van der Waals surface area contributed by atoms with Gasteiger partial charge in [0.05, 0.1) is 0 Å². The van der Waals surface area contributed by atoms with Crippen molar-refractivity contribution in [3.05, 3.63) is 11.6 Å². The van der Waals surface area contributed by atoms with Gasteiger partial charge in [-0.05, 0) is 38.5 Å². The number of aliphatic hydroxyl groups excluding tert-OH is 1. The third kappa shape index (κ3) is 3.57. The summed E-state index contributed by atoms with van der Waals surface area (Å²) in [5.74, 6) is 0. The Bertz CT molecular complexity index is 121. The highest BCUT2D eigenvalue weighted by atomic mass is 16.2. The first-order valence-corrected chi connectivity index (χ1v) is 4.72. The Morgan fingerprint density at radius 1 is 1.18 bits per heavy atom. The molecule has 0 aliphatic heterocycles. The second-order valence-electron chi connectivity index (χ2n) is 3.29. The Kier molecular flexibility index (Phi) is 4.29. The van der Waals surface area contributed by atoms with Crippen LogP contribution in [0, 0.1) is 0 Å². The summed E-state index contributed by atoms with van der Waals surface area (Å²) in [5.41, 5.74) is 1.66. The van der Waals surface area contributed by atoms with Crippen molar-refractivity contribution in [3.63, 3.8) is 0 Å². The molecule has 1 aliphatic rings. The van der Waals surface area contributed by atoms with Crippen LogP contribution >= 0.6 is 0 Å². The average molecular weight is 154 g/mol. The summed E-state index contributed by atoms with van der Waals surface area (Å²) < 4.78 is 0. The van der Waals surface area contributed by atoms with Gasteiger partial charge in [-0.3, -0.25) is 0 Å². The quantitative estimate of drug-likeness (QED) is 0.477. The normalized spacial score (nSPS) is 16.3. The van der Waals surface area contributed by atoms with Crippen molar-refractivity contribution in [2.75, 3.05) is 6.61 Å². The molecule has 1 N–H and O–H groups in total. The molecule has 1 nitrogen and oxygen atoms in total. The molecule has 0 spiro atoms. The zero-order valence-corrected chi connectivity index (χ0v) is 7.18. The topological polar surface area (TPSA) is 20.2 Å². The average Bonchev–Trinajstić information content (AvgIpc) is 1.93. The molecule has 0 aromatic heterocycles. The fraction of sp³-hybridized carbons (Fsp3) is 0.800. The number of unbranched alkanes of at least 4 members (excludes halogenated alkanes) is 3. The van der Waals surface area contributed by atoms with E-state index in [-0.39, 0.29) is 0 Å². The molecule has 1 saturated carbocycles. The number of aliphatic hydroxyl groups is 1. The van der Waals surface area contributed by atoms with Gasteiger partial charge >= 0.3 is 0 Å². The predicted octanol–water partition coefficient (Wildman–Crippen LogP) is 2.65. The van der Waals surface area contributed by atoms with Crippen LogP contribution in [0.3, 0.4) is 0 Å². The Hall–Kier alpha value is -0.300. The standard InChI is InChI=1S/C10H18O/c11-9-4-2-1-3-6-10-7-5-8-10/h6,11H,1-5,7-9H2. The lowest BCUT2D eigenvalue weighted by Crippen LogP contribution is -1.95. The number of hydrogen-bond acceptors (Lipinski definition) is 1. The van der Waals surface area contributed by atoms with Gasteiger partial charge in [-0.15, -0.1) is 0 Å². The fourth-order valence-electron chi connectivity index (χ4n) is 1.32. The molecule has 0 unspecified atom stereocenters. The van der Waals surface area contributed by atoms with Crippen LogP contribution in [0.2, 0.25) is 0 Å². The Morgan fingerprint density at radius 2 is 2.00 bits per heavy atom. The van der Waals surface area contributed by atoms with Gasteiger partial charge in [0.1, 0.15) is 0 Å². The largest absolute Gasteiger partial charge is 0.396 e. The van der Waals surface area contributed by atoms with Crippen LogP contribution in [0.4, 0.5) is 0 Å². The van der Waals surface area contributed by atoms with Crippen LogP contribution in [0.15, 0.2) is 11.6 Å². The van der Waals surface area contributed by atoms with Gasteiger partial charge in [0.25, 0.3) is 0 Å². The Labute approximate surface area is 69.1 Å². The van der Waals surface area contributed by atoms with Crippen LogP contribution < -0.4 is 0 Å². The van der Waals surface area contributed by atoms with Crippen LogP contribution in [-0.4, -0.2) is 11.7 Å². The Morgan fingerprint density at radius 3 is 2.55 bits per heavy atom. The first-order chi connectivity index (χ1) is 5.43.